The maximum Gasteiger partial charge on any atom is 0.356 e. The molecule has 0 radical (unpaired) electrons. The van der Waals surface area contributed by atoms with Crippen molar-refractivity contribution in [1.29, 1.82) is 0 Å². The molecule has 0 spiro atoms. The summed E-state index contributed by atoms with van der Waals surface area (Å²) in [5, 5.41) is 3.65. The molecular weight excluding hydrogens is 252 g/mol. The molecule has 0 aliphatic heterocycles. The van der Waals surface area contributed by atoms with Crippen LogP contribution in [0.4, 0.5) is 16.6 Å². The number of carbonyl (C=O) groups excluding carboxylic acids is 1. The third-order valence-corrected chi connectivity index (χ3v) is 3.00. The highest BCUT2D eigenvalue weighted by Gasteiger charge is 2.11. The van der Waals surface area contributed by atoms with Crippen LogP contribution in [0, 0.1) is 6.92 Å². The van der Waals surface area contributed by atoms with E-state index in [-0.39, 0.29) is 5.69 Å². The van der Waals surface area contributed by atoms with E-state index in [0.717, 1.165) is 4.88 Å². The number of aromatic nitrogens is 2. The highest BCUT2D eigenvalue weighted by Crippen LogP contribution is 2.24. The van der Waals surface area contributed by atoms with Gasteiger partial charge in [-0.3, -0.25) is 0 Å². The Hall–Kier alpha value is -2.15. The lowest BCUT2D eigenvalue weighted by atomic mass is 10.3. The summed E-state index contributed by atoms with van der Waals surface area (Å²) in [6.45, 7) is 1.95. The van der Waals surface area contributed by atoms with Crippen LogP contribution in [0.1, 0.15) is 15.4 Å². The first-order valence-corrected chi connectivity index (χ1v) is 5.96. The molecule has 0 fully saturated rings. The minimum Gasteiger partial charge on any atom is -0.464 e. The van der Waals surface area contributed by atoms with E-state index in [1.54, 1.807) is 12.3 Å². The van der Waals surface area contributed by atoms with E-state index in [0.29, 0.717) is 16.6 Å². The number of methoxy groups -OCH3 is 1. The SMILES string of the molecule is COC(=O)c1ccc(N)c(Nc2ncc(C)s2)n1. The van der Waals surface area contributed by atoms with Crippen LogP contribution >= 0.6 is 11.3 Å². The molecule has 0 unspecified atom stereocenters. The standard InChI is InChI=1S/C11H12N4O2S/c1-6-5-13-11(18-6)15-9-7(12)3-4-8(14-9)10(16)17-2/h3-5H,12H2,1-2H3,(H,13,14,15). The molecule has 0 aliphatic carbocycles. The Balaban J connectivity index is 2.29. The van der Waals surface area contributed by atoms with E-state index < -0.39 is 5.97 Å². The van der Waals surface area contributed by atoms with Crippen molar-refractivity contribution in [1.82, 2.24) is 9.97 Å². The number of pyridine rings is 1. The number of ether oxygens (including phenoxy) is 1. The fourth-order valence-corrected chi connectivity index (χ4v) is 1.97. The number of nitrogens with two attached hydrogens (primary N) is 1. The topological polar surface area (TPSA) is 90.1 Å². The molecule has 0 atom stereocenters. The number of esters is 1. The zero-order valence-electron chi connectivity index (χ0n) is 9.93. The lowest BCUT2D eigenvalue weighted by molar-refractivity contribution is 0.0594. The Bertz CT molecular complexity index is 582. The van der Waals surface area contributed by atoms with E-state index in [4.69, 9.17) is 5.73 Å². The van der Waals surface area contributed by atoms with Gasteiger partial charge in [0.05, 0.1) is 12.8 Å². The average molecular weight is 264 g/mol. The van der Waals surface area contributed by atoms with Gasteiger partial charge < -0.3 is 15.8 Å². The van der Waals surface area contributed by atoms with Crippen molar-refractivity contribution in [3.05, 3.63) is 28.9 Å². The van der Waals surface area contributed by atoms with Crippen LogP contribution in [0.25, 0.3) is 0 Å². The van der Waals surface area contributed by atoms with Gasteiger partial charge in [0.1, 0.15) is 0 Å². The fraction of sp³-hybridized carbons (Fsp3) is 0.182. The van der Waals surface area contributed by atoms with Gasteiger partial charge in [0, 0.05) is 11.1 Å². The van der Waals surface area contributed by atoms with Gasteiger partial charge in [-0.1, -0.05) is 0 Å². The third kappa shape index (κ3) is 2.57. The molecule has 0 aliphatic rings. The quantitative estimate of drug-likeness (QED) is 0.823. The summed E-state index contributed by atoms with van der Waals surface area (Å²) in [6, 6.07) is 3.11. The Morgan fingerprint density at radius 2 is 2.28 bits per heavy atom. The van der Waals surface area contributed by atoms with Gasteiger partial charge in [-0.2, -0.15) is 0 Å². The number of carbonyl (C=O) groups is 1. The number of nitrogens with zero attached hydrogens (tertiary/aromatic N) is 2. The Morgan fingerprint density at radius 3 is 2.89 bits per heavy atom. The molecule has 2 rings (SSSR count). The van der Waals surface area contributed by atoms with Crippen molar-refractivity contribution in [2.45, 2.75) is 6.92 Å². The molecule has 2 aromatic rings. The second-order valence-corrected chi connectivity index (χ2v) is 4.76. The molecule has 2 heterocycles. The molecule has 0 saturated carbocycles. The van der Waals surface area contributed by atoms with Crippen LogP contribution in [0.15, 0.2) is 18.3 Å². The van der Waals surface area contributed by atoms with Crippen molar-refractivity contribution in [2.24, 2.45) is 0 Å². The van der Waals surface area contributed by atoms with E-state index in [1.165, 1.54) is 24.5 Å². The molecular formula is C11H12N4O2S. The largest absolute Gasteiger partial charge is 0.464 e. The minimum atomic E-state index is -0.506. The summed E-state index contributed by atoms with van der Waals surface area (Å²) in [7, 11) is 1.30. The zero-order valence-corrected chi connectivity index (χ0v) is 10.7. The van der Waals surface area contributed by atoms with Gasteiger partial charge in [0.15, 0.2) is 16.6 Å². The van der Waals surface area contributed by atoms with Crippen molar-refractivity contribution < 1.29 is 9.53 Å². The Kier molecular flexibility index (Phi) is 3.42. The predicted octanol–water partition coefficient (Wildman–Crippen LogP) is 1.96. The minimum absolute atomic E-state index is 0.197. The number of nitrogens with one attached hydrogen (secondary N) is 1. The second kappa shape index (κ2) is 5.01. The highest BCUT2D eigenvalue weighted by molar-refractivity contribution is 7.15. The monoisotopic (exact) mass is 264 g/mol. The van der Waals surface area contributed by atoms with E-state index >= 15 is 0 Å². The van der Waals surface area contributed by atoms with Crippen LogP contribution in [0.3, 0.4) is 0 Å². The normalized spacial score (nSPS) is 10.1. The predicted molar refractivity (Wildman–Crippen MR) is 70.1 cm³/mol. The molecule has 18 heavy (non-hydrogen) atoms. The van der Waals surface area contributed by atoms with Crippen molar-refractivity contribution >= 4 is 33.9 Å². The zero-order chi connectivity index (χ0) is 13.1. The van der Waals surface area contributed by atoms with Crippen molar-refractivity contribution in [3.8, 4) is 0 Å². The lowest BCUT2D eigenvalue weighted by Crippen LogP contribution is -2.07. The van der Waals surface area contributed by atoms with Crippen LogP contribution in [0.2, 0.25) is 0 Å². The van der Waals surface area contributed by atoms with Crippen LogP contribution in [-0.4, -0.2) is 23.0 Å². The summed E-state index contributed by atoms with van der Waals surface area (Å²) in [6.07, 6.45) is 1.74. The summed E-state index contributed by atoms with van der Waals surface area (Å²) >= 11 is 1.48. The first-order chi connectivity index (χ1) is 8.60. The highest BCUT2D eigenvalue weighted by atomic mass is 32.1. The maximum atomic E-state index is 11.4. The number of rotatable bonds is 3. The first-order valence-electron chi connectivity index (χ1n) is 5.14. The molecule has 0 saturated heterocycles. The summed E-state index contributed by atoms with van der Waals surface area (Å²) in [5.41, 5.74) is 6.42. The number of aryl methyl sites for hydroxylation is 1. The molecule has 7 heteroatoms. The molecule has 0 bridgehead atoms. The number of hydrogen-bond acceptors (Lipinski definition) is 7. The van der Waals surface area contributed by atoms with Gasteiger partial charge in [-0.05, 0) is 19.1 Å². The number of nitrogen functional groups attached to an aromatic ring is 1. The average Bonchev–Trinajstić information content (AvgIpc) is 2.76. The van der Waals surface area contributed by atoms with Gasteiger partial charge in [0.2, 0.25) is 0 Å². The molecule has 0 aromatic carbocycles. The third-order valence-electron chi connectivity index (χ3n) is 2.17. The van der Waals surface area contributed by atoms with Crippen LogP contribution < -0.4 is 11.1 Å². The first kappa shape index (κ1) is 12.3. The molecule has 3 N–H and O–H groups in total. The lowest BCUT2D eigenvalue weighted by Gasteiger charge is -2.07. The Labute approximate surface area is 108 Å². The fourth-order valence-electron chi connectivity index (χ4n) is 1.30. The van der Waals surface area contributed by atoms with Crippen molar-refractivity contribution in [3.63, 3.8) is 0 Å². The van der Waals surface area contributed by atoms with E-state index in [9.17, 15) is 4.79 Å². The van der Waals surface area contributed by atoms with E-state index in [2.05, 4.69) is 20.0 Å². The second-order valence-electron chi connectivity index (χ2n) is 3.53. The number of hydrogen-bond donors (Lipinski definition) is 2. The molecule has 94 valence electrons. The number of anilines is 3. The van der Waals surface area contributed by atoms with Gasteiger partial charge in [0.25, 0.3) is 0 Å². The summed E-state index contributed by atoms with van der Waals surface area (Å²) in [4.78, 5) is 20.7. The van der Waals surface area contributed by atoms with Crippen molar-refractivity contribution in [2.75, 3.05) is 18.2 Å². The van der Waals surface area contributed by atoms with Gasteiger partial charge >= 0.3 is 5.97 Å². The smallest absolute Gasteiger partial charge is 0.356 e. The van der Waals surface area contributed by atoms with Gasteiger partial charge in [-0.25, -0.2) is 14.8 Å². The molecule has 2 aromatic heterocycles. The molecule has 6 nitrogen and oxygen atoms in total. The number of thiazole rings is 1. The van der Waals surface area contributed by atoms with Gasteiger partial charge in [-0.15, -0.1) is 11.3 Å². The molecule has 0 amide bonds. The van der Waals surface area contributed by atoms with E-state index in [1.807, 2.05) is 6.92 Å². The van der Waals surface area contributed by atoms with Crippen LogP contribution in [-0.2, 0) is 4.74 Å². The van der Waals surface area contributed by atoms with Crippen LogP contribution in [0.5, 0.6) is 0 Å². The summed E-state index contributed by atoms with van der Waals surface area (Å²) < 4.78 is 4.60. The summed E-state index contributed by atoms with van der Waals surface area (Å²) in [5.74, 6) is -0.111. The Morgan fingerprint density at radius 1 is 1.50 bits per heavy atom. The maximum absolute atomic E-state index is 11.4.